The van der Waals surface area contributed by atoms with E-state index in [0.29, 0.717) is 12.1 Å². The lowest BCUT2D eigenvalue weighted by molar-refractivity contribution is 0.0924. The minimum Gasteiger partial charge on any atom is -0.398 e. The van der Waals surface area contributed by atoms with Crippen LogP contribution >= 0.6 is 0 Å². The van der Waals surface area contributed by atoms with Crippen molar-refractivity contribution in [2.75, 3.05) is 5.73 Å². The molecule has 1 aromatic rings. The van der Waals surface area contributed by atoms with Gasteiger partial charge >= 0.3 is 0 Å². The molecule has 0 saturated carbocycles. The van der Waals surface area contributed by atoms with Gasteiger partial charge in [0.1, 0.15) is 5.60 Å². The van der Waals surface area contributed by atoms with E-state index in [1.165, 1.54) is 0 Å². The van der Waals surface area contributed by atoms with Gasteiger partial charge in [0.15, 0.2) is 0 Å². The summed E-state index contributed by atoms with van der Waals surface area (Å²) in [7, 11) is 0. The number of anilines is 1. The first-order valence-electron chi connectivity index (χ1n) is 4.64. The Balaban J connectivity index is 2.44. The van der Waals surface area contributed by atoms with Crippen molar-refractivity contribution in [3.8, 4) is 0 Å². The minimum atomic E-state index is -0.930. The summed E-state index contributed by atoms with van der Waals surface area (Å²) in [6, 6.07) is 7.42. The summed E-state index contributed by atoms with van der Waals surface area (Å²) in [5.74, 6) is 0. The van der Waals surface area contributed by atoms with Crippen molar-refractivity contribution in [1.29, 1.82) is 0 Å². The van der Waals surface area contributed by atoms with E-state index in [2.05, 4.69) is 0 Å². The maximum atomic E-state index is 10.3. The van der Waals surface area contributed by atoms with Crippen molar-refractivity contribution in [2.24, 2.45) is 0 Å². The zero-order valence-electron chi connectivity index (χ0n) is 7.85. The maximum Gasteiger partial charge on any atom is 0.113 e. The molecule has 1 aliphatic rings. The minimum absolute atomic E-state index is 0.581. The fraction of sp³-hybridized carbons (Fsp3) is 0.167. The zero-order chi connectivity index (χ0) is 10.0. The quantitative estimate of drug-likeness (QED) is 0.660. The van der Waals surface area contributed by atoms with E-state index in [9.17, 15) is 5.11 Å². The molecule has 0 fully saturated rings. The normalized spacial score (nSPS) is 25.2. The van der Waals surface area contributed by atoms with Crippen molar-refractivity contribution in [2.45, 2.75) is 12.0 Å². The van der Waals surface area contributed by atoms with Gasteiger partial charge in [-0.05, 0) is 12.1 Å². The van der Waals surface area contributed by atoms with E-state index in [0.717, 1.165) is 5.56 Å². The third-order valence-electron chi connectivity index (χ3n) is 2.48. The summed E-state index contributed by atoms with van der Waals surface area (Å²) in [4.78, 5) is 0. The van der Waals surface area contributed by atoms with E-state index in [-0.39, 0.29) is 0 Å². The Kier molecular flexibility index (Phi) is 2.14. The lowest BCUT2D eigenvalue weighted by Crippen LogP contribution is -2.24. The predicted octanol–water partition coefficient (Wildman–Crippen LogP) is 1.97. The molecule has 0 aliphatic heterocycles. The third kappa shape index (κ3) is 1.44. The number of nitrogen functional groups attached to an aromatic ring is 1. The molecule has 2 heteroatoms. The number of hydrogen-bond acceptors (Lipinski definition) is 2. The van der Waals surface area contributed by atoms with E-state index in [1.54, 1.807) is 12.1 Å². The fourth-order valence-corrected chi connectivity index (χ4v) is 1.70. The van der Waals surface area contributed by atoms with Gasteiger partial charge in [0.2, 0.25) is 0 Å². The molecule has 2 rings (SSSR count). The van der Waals surface area contributed by atoms with Crippen molar-refractivity contribution >= 4 is 5.69 Å². The van der Waals surface area contributed by atoms with Crippen molar-refractivity contribution in [1.82, 2.24) is 0 Å². The van der Waals surface area contributed by atoms with Crippen LogP contribution < -0.4 is 5.73 Å². The Hall–Kier alpha value is -1.54. The average molecular weight is 187 g/mol. The van der Waals surface area contributed by atoms with Crippen LogP contribution in [-0.4, -0.2) is 5.11 Å². The van der Waals surface area contributed by atoms with Gasteiger partial charge in [-0.2, -0.15) is 0 Å². The molecule has 14 heavy (non-hydrogen) atoms. The summed E-state index contributed by atoms with van der Waals surface area (Å²) in [5.41, 5.74) is 6.30. The Morgan fingerprint density at radius 1 is 1.21 bits per heavy atom. The van der Waals surface area contributed by atoms with Crippen LogP contribution in [0.3, 0.4) is 0 Å². The highest BCUT2D eigenvalue weighted by atomic mass is 16.3. The second-order valence-electron chi connectivity index (χ2n) is 3.50. The summed E-state index contributed by atoms with van der Waals surface area (Å²) in [5, 5.41) is 10.3. The van der Waals surface area contributed by atoms with Crippen LogP contribution in [-0.2, 0) is 5.60 Å². The second-order valence-corrected chi connectivity index (χ2v) is 3.50. The molecule has 0 heterocycles. The molecule has 0 amide bonds. The summed E-state index contributed by atoms with van der Waals surface area (Å²) in [6.07, 6.45) is 8.06. The lowest BCUT2D eigenvalue weighted by Gasteiger charge is -2.26. The van der Waals surface area contributed by atoms with E-state index in [4.69, 9.17) is 5.73 Å². The standard InChI is InChI=1S/C12H13NO/c13-11-7-3-2-6-10(11)12(14)8-4-1-5-9-12/h1-8,14H,9,13H2. The molecule has 1 aliphatic carbocycles. The Morgan fingerprint density at radius 3 is 2.64 bits per heavy atom. The number of hydrogen-bond donors (Lipinski definition) is 2. The van der Waals surface area contributed by atoms with Crippen molar-refractivity contribution in [3.63, 3.8) is 0 Å². The van der Waals surface area contributed by atoms with Crippen LogP contribution in [0.5, 0.6) is 0 Å². The highest BCUT2D eigenvalue weighted by Gasteiger charge is 2.27. The number of aliphatic hydroxyl groups is 1. The topological polar surface area (TPSA) is 46.2 Å². The van der Waals surface area contributed by atoms with E-state index in [1.807, 2.05) is 36.4 Å². The Bertz CT molecular complexity index is 395. The third-order valence-corrected chi connectivity index (χ3v) is 2.48. The number of nitrogens with two attached hydrogens (primary N) is 1. The molecular formula is C12H13NO. The van der Waals surface area contributed by atoms with Gasteiger partial charge < -0.3 is 10.8 Å². The summed E-state index contributed by atoms with van der Waals surface area (Å²) >= 11 is 0. The van der Waals surface area contributed by atoms with Gasteiger partial charge in [0.05, 0.1) is 0 Å². The number of para-hydroxylation sites is 1. The predicted molar refractivity (Wildman–Crippen MR) is 57.6 cm³/mol. The SMILES string of the molecule is Nc1ccccc1C1(O)C=CC=CC1. The Morgan fingerprint density at radius 2 is 2.00 bits per heavy atom. The van der Waals surface area contributed by atoms with Crippen molar-refractivity contribution in [3.05, 3.63) is 54.1 Å². The first kappa shape index (κ1) is 9.03. The number of rotatable bonds is 1. The lowest BCUT2D eigenvalue weighted by atomic mass is 9.86. The van der Waals surface area contributed by atoms with Crippen LogP contribution in [0.4, 0.5) is 5.69 Å². The molecule has 0 aromatic heterocycles. The van der Waals surface area contributed by atoms with Gasteiger partial charge in [-0.25, -0.2) is 0 Å². The van der Waals surface area contributed by atoms with Gasteiger partial charge in [0, 0.05) is 17.7 Å². The van der Waals surface area contributed by atoms with Gasteiger partial charge in [-0.3, -0.25) is 0 Å². The molecule has 1 unspecified atom stereocenters. The highest BCUT2D eigenvalue weighted by molar-refractivity contribution is 5.52. The monoisotopic (exact) mass is 187 g/mol. The molecule has 0 saturated heterocycles. The first-order valence-corrected chi connectivity index (χ1v) is 4.64. The van der Waals surface area contributed by atoms with Crippen LogP contribution in [0.2, 0.25) is 0 Å². The van der Waals surface area contributed by atoms with Crippen LogP contribution in [0.1, 0.15) is 12.0 Å². The maximum absolute atomic E-state index is 10.3. The summed E-state index contributed by atoms with van der Waals surface area (Å²) in [6.45, 7) is 0. The molecule has 1 atom stereocenters. The van der Waals surface area contributed by atoms with Gasteiger partial charge in [-0.15, -0.1) is 0 Å². The van der Waals surface area contributed by atoms with Crippen molar-refractivity contribution < 1.29 is 5.11 Å². The molecule has 1 aromatic carbocycles. The van der Waals surface area contributed by atoms with E-state index >= 15 is 0 Å². The highest BCUT2D eigenvalue weighted by Crippen LogP contribution is 2.32. The Labute approximate surface area is 83.4 Å². The average Bonchev–Trinajstić information content (AvgIpc) is 2.19. The molecule has 72 valence electrons. The van der Waals surface area contributed by atoms with Crippen LogP contribution in [0.15, 0.2) is 48.6 Å². The first-order chi connectivity index (χ1) is 6.72. The summed E-state index contributed by atoms with van der Waals surface area (Å²) < 4.78 is 0. The largest absolute Gasteiger partial charge is 0.398 e. The number of benzene rings is 1. The molecular weight excluding hydrogens is 174 g/mol. The van der Waals surface area contributed by atoms with Crippen LogP contribution in [0.25, 0.3) is 0 Å². The molecule has 0 bridgehead atoms. The van der Waals surface area contributed by atoms with Crippen LogP contribution in [0, 0.1) is 0 Å². The van der Waals surface area contributed by atoms with Gasteiger partial charge in [-0.1, -0.05) is 36.4 Å². The fourth-order valence-electron chi connectivity index (χ4n) is 1.70. The molecule has 0 spiro atoms. The molecule has 2 nitrogen and oxygen atoms in total. The van der Waals surface area contributed by atoms with Gasteiger partial charge in [0.25, 0.3) is 0 Å². The number of allylic oxidation sites excluding steroid dienone is 2. The zero-order valence-corrected chi connectivity index (χ0v) is 7.85. The molecule has 0 radical (unpaired) electrons. The van der Waals surface area contributed by atoms with E-state index < -0.39 is 5.60 Å². The second kappa shape index (κ2) is 3.31. The molecule has 3 N–H and O–H groups in total. The smallest absolute Gasteiger partial charge is 0.113 e.